The van der Waals surface area contributed by atoms with Gasteiger partial charge in [0, 0.05) is 29.6 Å². The Kier molecular flexibility index (Phi) is 4.06. The number of hydrogen-bond donors (Lipinski definition) is 1. The molecule has 1 aliphatic rings. The van der Waals surface area contributed by atoms with Crippen LogP contribution in [0.2, 0.25) is 5.02 Å². The molecule has 0 spiro atoms. The predicted octanol–water partition coefficient (Wildman–Crippen LogP) is 3.79. The zero-order chi connectivity index (χ0) is 14.1. The van der Waals surface area contributed by atoms with Crippen LogP contribution in [0, 0.1) is 6.92 Å². The fourth-order valence-electron chi connectivity index (χ4n) is 2.11. The highest BCUT2D eigenvalue weighted by atomic mass is 35.5. The van der Waals surface area contributed by atoms with Crippen LogP contribution in [0.5, 0.6) is 0 Å². The van der Waals surface area contributed by atoms with Crippen LogP contribution in [0.25, 0.3) is 0 Å². The van der Waals surface area contributed by atoms with Crippen LogP contribution in [0.4, 0.5) is 0 Å². The number of hydrogen-bond acceptors (Lipinski definition) is 3. The van der Waals surface area contributed by atoms with E-state index in [9.17, 15) is 0 Å². The fraction of sp³-hybridized carbons (Fsp3) is 0.400. The van der Waals surface area contributed by atoms with Crippen LogP contribution in [0.15, 0.2) is 34.2 Å². The van der Waals surface area contributed by atoms with Gasteiger partial charge in [0.25, 0.3) is 0 Å². The van der Waals surface area contributed by atoms with Crippen LogP contribution in [0.3, 0.4) is 0 Å². The van der Waals surface area contributed by atoms with Crippen molar-refractivity contribution in [2.45, 2.75) is 42.3 Å². The van der Waals surface area contributed by atoms with E-state index in [1.54, 1.807) is 11.8 Å². The highest BCUT2D eigenvalue weighted by Gasteiger charge is 2.20. The molecule has 20 heavy (non-hydrogen) atoms. The first-order chi connectivity index (χ1) is 9.61. The van der Waals surface area contributed by atoms with Gasteiger partial charge in [-0.3, -0.25) is 4.68 Å². The molecule has 1 heterocycles. The maximum atomic E-state index is 6.15. The van der Waals surface area contributed by atoms with Crippen molar-refractivity contribution in [2.75, 3.05) is 0 Å². The lowest BCUT2D eigenvalue weighted by molar-refractivity contribution is 0.678. The topological polar surface area (TPSA) is 29.9 Å². The van der Waals surface area contributed by atoms with E-state index >= 15 is 0 Å². The van der Waals surface area contributed by atoms with Crippen molar-refractivity contribution in [3.8, 4) is 0 Å². The number of aryl methyl sites for hydroxylation is 2. The summed E-state index contributed by atoms with van der Waals surface area (Å²) < 4.78 is 1.92. The molecule has 3 rings (SSSR count). The SMILES string of the molecule is Cc1cc(Sc2cc(Cl)ccc2CNC2CC2)n(C)n1. The molecule has 1 N–H and O–H groups in total. The van der Waals surface area contributed by atoms with E-state index in [1.165, 1.54) is 23.3 Å². The Balaban J connectivity index is 1.82. The number of nitrogens with one attached hydrogen (secondary N) is 1. The molecule has 106 valence electrons. The lowest BCUT2D eigenvalue weighted by Crippen LogP contribution is -2.15. The number of nitrogens with zero attached hydrogens (tertiary/aromatic N) is 2. The third kappa shape index (κ3) is 3.37. The molecule has 5 heteroatoms. The first-order valence-corrected chi connectivity index (χ1v) is 8.01. The van der Waals surface area contributed by atoms with Gasteiger partial charge in [-0.25, -0.2) is 0 Å². The lowest BCUT2D eigenvalue weighted by Gasteiger charge is -2.10. The largest absolute Gasteiger partial charge is 0.310 e. The second-order valence-electron chi connectivity index (χ2n) is 5.26. The second-order valence-corrected chi connectivity index (χ2v) is 6.76. The van der Waals surface area contributed by atoms with E-state index < -0.39 is 0 Å². The Bertz CT molecular complexity index is 620. The maximum Gasteiger partial charge on any atom is 0.0987 e. The minimum Gasteiger partial charge on any atom is -0.310 e. The van der Waals surface area contributed by atoms with Gasteiger partial charge in [0.2, 0.25) is 0 Å². The van der Waals surface area contributed by atoms with Crippen molar-refractivity contribution >= 4 is 23.4 Å². The molecular weight excluding hydrogens is 290 g/mol. The van der Waals surface area contributed by atoms with Crippen molar-refractivity contribution in [1.29, 1.82) is 0 Å². The molecule has 1 fully saturated rings. The van der Waals surface area contributed by atoms with Gasteiger partial charge in [0.05, 0.1) is 10.7 Å². The monoisotopic (exact) mass is 307 g/mol. The number of aromatic nitrogens is 2. The van der Waals surface area contributed by atoms with E-state index in [4.69, 9.17) is 11.6 Å². The lowest BCUT2D eigenvalue weighted by atomic mass is 10.2. The highest BCUT2D eigenvalue weighted by molar-refractivity contribution is 7.99. The van der Waals surface area contributed by atoms with E-state index in [0.29, 0.717) is 6.04 Å². The summed E-state index contributed by atoms with van der Waals surface area (Å²) in [6.07, 6.45) is 2.61. The number of halogens is 1. The van der Waals surface area contributed by atoms with Crippen molar-refractivity contribution in [3.63, 3.8) is 0 Å². The molecule has 0 radical (unpaired) electrons. The molecule has 1 aliphatic carbocycles. The standard InChI is InChI=1S/C15H18ClN3S/c1-10-7-15(19(2)18-10)20-14-8-12(16)4-3-11(14)9-17-13-5-6-13/h3-4,7-8,13,17H,5-6,9H2,1-2H3. The minimum atomic E-state index is 0.711. The summed E-state index contributed by atoms with van der Waals surface area (Å²) >= 11 is 7.87. The summed E-state index contributed by atoms with van der Waals surface area (Å²) in [7, 11) is 1.97. The van der Waals surface area contributed by atoms with Crippen molar-refractivity contribution in [3.05, 3.63) is 40.5 Å². The van der Waals surface area contributed by atoms with Crippen LogP contribution >= 0.6 is 23.4 Å². The zero-order valence-corrected chi connectivity index (χ0v) is 13.3. The zero-order valence-electron chi connectivity index (χ0n) is 11.7. The van der Waals surface area contributed by atoms with Crippen molar-refractivity contribution in [1.82, 2.24) is 15.1 Å². The van der Waals surface area contributed by atoms with Gasteiger partial charge in [0.15, 0.2) is 0 Å². The van der Waals surface area contributed by atoms with Crippen LogP contribution in [0.1, 0.15) is 24.1 Å². The van der Waals surface area contributed by atoms with Gasteiger partial charge in [0.1, 0.15) is 0 Å². The van der Waals surface area contributed by atoms with E-state index in [2.05, 4.69) is 22.5 Å². The van der Waals surface area contributed by atoms with Crippen molar-refractivity contribution in [2.24, 2.45) is 7.05 Å². The average Bonchev–Trinajstić information content (AvgIpc) is 3.15. The molecule has 0 amide bonds. The summed E-state index contributed by atoms with van der Waals surface area (Å²) in [6, 6.07) is 8.93. The summed E-state index contributed by atoms with van der Waals surface area (Å²) in [5, 5.41) is 9.87. The summed E-state index contributed by atoms with van der Waals surface area (Å²) in [5.74, 6) is 0. The molecule has 1 aromatic heterocycles. The molecule has 2 aromatic rings. The smallest absolute Gasteiger partial charge is 0.0987 e. The van der Waals surface area contributed by atoms with E-state index in [0.717, 1.165) is 22.3 Å². The molecule has 0 unspecified atom stereocenters. The predicted molar refractivity (Wildman–Crippen MR) is 83.4 cm³/mol. The fourth-order valence-corrected chi connectivity index (χ4v) is 3.43. The molecule has 0 saturated heterocycles. The molecule has 1 aromatic carbocycles. The van der Waals surface area contributed by atoms with Gasteiger partial charge < -0.3 is 5.32 Å². The molecule has 0 atom stereocenters. The molecular formula is C15H18ClN3S. The third-order valence-electron chi connectivity index (χ3n) is 3.36. The highest BCUT2D eigenvalue weighted by Crippen LogP contribution is 2.33. The molecule has 0 bridgehead atoms. The third-order valence-corrected chi connectivity index (χ3v) is 4.79. The maximum absolute atomic E-state index is 6.15. The molecule has 1 saturated carbocycles. The van der Waals surface area contributed by atoms with Gasteiger partial charge in [-0.1, -0.05) is 29.4 Å². The minimum absolute atomic E-state index is 0.711. The average molecular weight is 308 g/mol. The number of benzene rings is 1. The first kappa shape index (κ1) is 14.0. The quantitative estimate of drug-likeness (QED) is 0.911. The van der Waals surface area contributed by atoms with Crippen molar-refractivity contribution < 1.29 is 0 Å². The van der Waals surface area contributed by atoms with Crippen LogP contribution < -0.4 is 5.32 Å². The van der Waals surface area contributed by atoms with Gasteiger partial charge in [-0.15, -0.1) is 0 Å². The van der Waals surface area contributed by atoms with Gasteiger partial charge in [-0.2, -0.15) is 5.10 Å². The van der Waals surface area contributed by atoms with Gasteiger partial charge in [-0.05, 0) is 43.5 Å². The van der Waals surface area contributed by atoms with E-state index in [-0.39, 0.29) is 0 Å². The Labute approximate surface area is 128 Å². The Morgan fingerprint density at radius 2 is 2.20 bits per heavy atom. The summed E-state index contributed by atoms with van der Waals surface area (Å²) in [6.45, 7) is 2.92. The van der Waals surface area contributed by atoms with Crippen LogP contribution in [-0.4, -0.2) is 15.8 Å². The second kappa shape index (κ2) is 5.80. The van der Waals surface area contributed by atoms with E-state index in [1.807, 2.05) is 30.8 Å². The first-order valence-electron chi connectivity index (χ1n) is 6.82. The summed E-state index contributed by atoms with van der Waals surface area (Å²) in [5.41, 5.74) is 2.33. The Morgan fingerprint density at radius 3 is 2.85 bits per heavy atom. The number of rotatable bonds is 5. The normalized spacial score (nSPS) is 14.8. The van der Waals surface area contributed by atoms with Gasteiger partial charge >= 0.3 is 0 Å². The van der Waals surface area contributed by atoms with Crippen LogP contribution in [-0.2, 0) is 13.6 Å². The Morgan fingerprint density at radius 1 is 1.40 bits per heavy atom. The molecule has 3 nitrogen and oxygen atoms in total. The Hall–Kier alpha value is -0.970. The molecule has 0 aliphatic heterocycles. The summed E-state index contributed by atoms with van der Waals surface area (Å²) in [4.78, 5) is 1.20.